The molecular weight excluding hydrogens is 160 g/mol. The lowest BCUT2D eigenvalue weighted by Gasteiger charge is -2.12. The van der Waals surface area contributed by atoms with Crippen molar-refractivity contribution in [1.29, 1.82) is 0 Å². The second-order valence-corrected chi connectivity index (χ2v) is 4.67. The van der Waals surface area contributed by atoms with E-state index in [0.717, 1.165) is 13.0 Å². The first-order valence-corrected chi connectivity index (χ1v) is 5.29. The van der Waals surface area contributed by atoms with Crippen molar-refractivity contribution in [2.24, 2.45) is 5.92 Å². The zero-order valence-electron chi connectivity index (χ0n) is 7.79. The van der Waals surface area contributed by atoms with Crippen molar-refractivity contribution in [2.75, 3.05) is 20.8 Å². The van der Waals surface area contributed by atoms with Gasteiger partial charge in [-0.25, -0.2) is 0 Å². The quantitative estimate of drug-likeness (QED) is 0.569. The Bertz CT molecular complexity index is 83.8. The van der Waals surface area contributed by atoms with E-state index >= 15 is 0 Å². The fourth-order valence-electron chi connectivity index (χ4n) is 0.632. The molecule has 0 aromatic heterocycles. The molecule has 0 unspecified atom stereocenters. The molecule has 0 aromatic carbocycles. The van der Waals surface area contributed by atoms with Crippen LogP contribution < -0.4 is 0 Å². The third kappa shape index (κ3) is 6.49. The summed E-state index contributed by atoms with van der Waals surface area (Å²) in [6, 6.07) is 0. The Kier molecular flexibility index (Phi) is 6.85. The maximum atomic E-state index is 5.35. The van der Waals surface area contributed by atoms with Crippen LogP contribution in [0.3, 0.4) is 0 Å². The molecule has 0 aliphatic rings. The van der Waals surface area contributed by atoms with Crippen LogP contribution in [0.1, 0.15) is 20.3 Å². The molecule has 0 bridgehead atoms. The van der Waals surface area contributed by atoms with Gasteiger partial charge in [0.1, 0.15) is 0 Å². The Labute approximate surface area is 70.6 Å². The lowest BCUT2D eigenvalue weighted by molar-refractivity contribution is 0.129. The lowest BCUT2D eigenvalue weighted by atomic mass is 10.2. The molecule has 0 radical (unpaired) electrons. The van der Waals surface area contributed by atoms with Crippen LogP contribution in [0.5, 0.6) is 0 Å². The number of rotatable bonds is 6. The van der Waals surface area contributed by atoms with Crippen molar-refractivity contribution in [2.45, 2.75) is 20.3 Å². The van der Waals surface area contributed by atoms with E-state index in [2.05, 4.69) is 13.8 Å². The zero-order valence-corrected chi connectivity index (χ0v) is 8.95. The Morgan fingerprint density at radius 2 is 1.73 bits per heavy atom. The van der Waals surface area contributed by atoms with Crippen LogP contribution in [0.4, 0.5) is 0 Å². The Balaban J connectivity index is 3.21. The van der Waals surface area contributed by atoms with Crippen molar-refractivity contribution in [3.63, 3.8) is 0 Å². The van der Waals surface area contributed by atoms with E-state index in [1.807, 2.05) is 0 Å². The molecule has 0 atom stereocenters. The normalized spacial score (nSPS) is 11.5. The van der Waals surface area contributed by atoms with E-state index < -0.39 is 9.53 Å². The molecule has 0 amide bonds. The molecule has 0 fully saturated rings. The average molecular weight is 178 g/mol. The van der Waals surface area contributed by atoms with Crippen molar-refractivity contribution in [3.05, 3.63) is 0 Å². The van der Waals surface area contributed by atoms with Crippen LogP contribution in [-0.4, -0.2) is 30.4 Å². The van der Waals surface area contributed by atoms with E-state index in [4.69, 9.17) is 13.3 Å². The molecule has 0 N–H and O–H groups in total. The van der Waals surface area contributed by atoms with Crippen LogP contribution in [0, 0.1) is 5.92 Å². The summed E-state index contributed by atoms with van der Waals surface area (Å²) < 4.78 is 15.3. The Hall–Kier alpha value is 0.0969. The molecule has 3 nitrogen and oxygen atoms in total. The molecule has 0 rings (SSSR count). The molecule has 0 spiro atoms. The standard InChI is InChI=1S/C7H18O3Si/c1-7(2)5-6-10-11(8-3)9-4/h7,11H,5-6H2,1-4H3. The topological polar surface area (TPSA) is 27.7 Å². The second kappa shape index (κ2) is 6.79. The van der Waals surface area contributed by atoms with Crippen molar-refractivity contribution in [1.82, 2.24) is 0 Å². The first-order valence-electron chi connectivity index (χ1n) is 3.88. The van der Waals surface area contributed by atoms with E-state index in [1.165, 1.54) is 0 Å². The van der Waals surface area contributed by atoms with E-state index in [9.17, 15) is 0 Å². The van der Waals surface area contributed by atoms with Gasteiger partial charge in [0, 0.05) is 20.8 Å². The highest BCUT2D eigenvalue weighted by Gasteiger charge is 2.09. The molecule has 0 saturated heterocycles. The Morgan fingerprint density at radius 1 is 1.18 bits per heavy atom. The highest BCUT2D eigenvalue weighted by atomic mass is 28.3. The van der Waals surface area contributed by atoms with Crippen LogP contribution >= 0.6 is 0 Å². The monoisotopic (exact) mass is 178 g/mol. The molecular formula is C7H18O3Si. The van der Waals surface area contributed by atoms with Gasteiger partial charge in [-0.05, 0) is 12.3 Å². The first kappa shape index (κ1) is 11.1. The summed E-state index contributed by atoms with van der Waals surface area (Å²) in [5.74, 6) is 0.679. The summed E-state index contributed by atoms with van der Waals surface area (Å²) in [4.78, 5) is 0. The van der Waals surface area contributed by atoms with Gasteiger partial charge in [-0.2, -0.15) is 0 Å². The molecule has 0 aliphatic heterocycles. The number of hydrogen-bond acceptors (Lipinski definition) is 3. The SMILES string of the molecule is CO[SiH](OC)OCCC(C)C. The van der Waals surface area contributed by atoms with Crippen LogP contribution in [0.2, 0.25) is 0 Å². The van der Waals surface area contributed by atoms with E-state index in [0.29, 0.717) is 5.92 Å². The maximum Gasteiger partial charge on any atom is 0.483 e. The van der Waals surface area contributed by atoms with Gasteiger partial charge < -0.3 is 13.3 Å². The maximum absolute atomic E-state index is 5.35. The van der Waals surface area contributed by atoms with Gasteiger partial charge in [0.25, 0.3) is 0 Å². The fourth-order valence-corrected chi connectivity index (χ4v) is 1.43. The highest BCUT2D eigenvalue weighted by Crippen LogP contribution is 2.00. The summed E-state index contributed by atoms with van der Waals surface area (Å²) in [6.07, 6.45) is 1.07. The molecule has 0 saturated carbocycles. The van der Waals surface area contributed by atoms with Crippen molar-refractivity contribution in [3.8, 4) is 0 Å². The Morgan fingerprint density at radius 3 is 2.09 bits per heavy atom. The second-order valence-electron chi connectivity index (χ2n) is 2.81. The summed E-state index contributed by atoms with van der Waals surface area (Å²) >= 11 is 0. The highest BCUT2D eigenvalue weighted by molar-refractivity contribution is 6.36. The predicted molar refractivity (Wildman–Crippen MR) is 46.6 cm³/mol. The smallest absolute Gasteiger partial charge is 0.379 e. The van der Waals surface area contributed by atoms with E-state index in [1.54, 1.807) is 14.2 Å². The largest absolute Gasteiger partial charge is 0.483 e. The fraction of sp³-hybridized carbons (Fsp3) is 1.00. The minimum atomic E-state index is -1.75. The van der Waals surface area contributed by atoms with Gasteiger partial charge in [-0.15, -0.1) is 0 Å². The molecule has 0 aromatic rings. The summed E-state index contributed by atoms with van der Waals surface area (Å²) in [6.45, 7) is 5.08. The molecule has 11 heavy (non-hydrogen) atoms. The molecule has 0 aliphatic carbocycles. The first-order chi connectivity index (χ1) is 5.20. The third-order valence-corrected chi connectivity index (χ3v) is 2.61. The van der Waals surface area contributed by atoms with Gasteiger partial charge in [-0.3, -0.25) is 0 Å². The van der Waals surface area contributed by atoms with Crippen molar-refractivity contribution < 1.29 is 13.3 Å². The zero-order chi connectivity index (χ0) is 8.69. The van der Waals surface area contributed by atoms with Crippen LogP contribution in [-0.2, 0) is 13.3 Å². The van der Waals surface area contributed by atoms with Gasteiger partial charge in [0.2, 0.25) is 0 Å². The summed E-state index contributed by atoms with van der Waals surface area (Å²) in [7, 11) is 1.49. The minimum absolute atomic E-state index is 0.679. The molecule has 0 heterocycles. The van der Waals surface area contributed by atoms with Gasteiger partial charge in [0.05, 0.1) is 0 Å². The number of hydrogen-bond donors (Lipinski definition) is 0. The van der Waals surface area contributed by atoms with Gasteiger partial charge in [0.15, 0.2) is 0 Å². The lowest BCUT2D eigenvalue weighted by Crippen LogP contribution is -2.24. The van der Waals surface area contributed by atoms with E-state index in [-0.39, 0.29) is 0 Å². The van der Waals surface area contributed by atoms with Crippen LogP contribution in [0.25, 0.3) is 0 Å². The molecule has 4 heteroatoms. The minimum Gasteiger partial charge on any atom is -0.379 e. The predicted octanol–water partition coefficient (Wildman–Crippen LogP) is 1.06. The average Bonchev–Trinajstić information content (AvgIpc) is 1.98. The van der Waals surface area contributed by atoms with Crippen molar-refractivity contribution >= 4 is 9.53 Å². The summed E-state index contributed by atoms with van der Waals surface area (Å²) in [5.41, 5.74) is 0. The molecule has 68 valence electrons. The van der Waals surface area contributed by atoms with Crippen LogP contribution in [0.15, 0.2) is 0 Å². The van der Waals surface area contributed by atoms with Gasteiger partial charge >= 0.3 is 9.53 Å². The third-order valence-electron chi connectivity index (χ3n) is 1.33. The summed E-state index contributed by atoms with van der Waals surface area (Å²) in [5, 5.41) is 0. The van der Waals surface area contributed by atoms with Gasteiger partial charge in [-0.1, -0.05) is 13.8 Å².